The monoisotopic (exact) mass is 387 g/mol. The van der Waals surface area contributed by atoms with E-state index in [-0.39, 0.29) is 12.1 Å². The molecule has 2 aromatic carbocycles. The van der Waals surface area contributed by atoms with E-state index in [1.54, 1.807) is 23.0 Å². The molecule has 0 amide bonds. The van der Waals surface area contributed by atoms with Crippen LogP contribution in [0.4, 0.5) is 0 Å². The maximum atomic E-state index is 12.9. The first kappa shape index (κ1) is 19.2. The Kier molecular flexibility index (Phi) is 5.07. The van der Waals surface area contributed by atoms with E-state index in [1.165, 1.54) is 15.7 Å². The molecule has 0 aliphatic heterocycles. The smallest absolute Gasteiger partial charge is 0.276 e. The van der Waals surface area contributed by atoms with Crippen molar-refractivity contribution in [1.82, 2.24) is 14.2 Å². The predicted octanol–water partition coefficient (Wildman–Crippen LogP) is 4.33. The Balaban J connectivity index is 1.61. The van der Waals surface area contributed by atoms with Crippen molar-refractivity contribution in [2.45, 2.75) is 39.3 Å². The van der Waals surface area contributed by atoms with E-state index in [2.05, 4.69) is 18.9 Å². The number of aromatic nitrogens is 3. The topological polar surface area (TPSA) is 59.5 Å². The first-order chi connectivity index (χ1) is 13.9. The van der Waals surface area contributed by atoms with Crippen LogP contribution >= 0.6 is 0 Å². The van der Waals surface area contributed by atoms with E-state index in [9.17, 15) is 9.90 Å². The zero-order valence-electron chi connectivity index (χ0n) is 16.9. The Morgan fingerprint density at radius 2 is 1.62 bits per heavy atom. The van der Waals surface area contributed by atoms with Crippen LogP contribution in [0, 0.1) is 6.92 Å². The van der Waals surface area contributed by atoms with E-state index in [1.807, 2.05) is 55.5 Å². The molecule has 4 rings (SSSR count). The van der Waals surface area contributed by atoms with Crippen molar-refractivity contribution < 1.29 is 5.11 Å². The summed E-state index contributed by atoms with van der Waals surface area (Å²) in [6, 6.07) is 17.8. The van der Waals surface area contributed by atoms with Gasteiger partial charge < -0.3 is 9.67 Å². The van der Waals surface area contributed by atoms with E-state index in [0.29, 0.717) is 11.4 Å². The molecule has 1 atom stereocenters. The fraction of sp³-hybridized carbons (Fsp3) is 0.250. The lowest BCUT2D eigenvalue weighted by Gasteiger charge is -2.14. The van der Waals surface area contributed by atoms with E-state index < -0.39 is 6.10 Å². The summed E-state index contributed by atoms with van der Waals surface area (Å²) in [5.74, 6) is 0.441. The van der Waals surface area contributed by atoms with Crippen molar-refractivity contribution >= 4 is 5.52 Å². The van der Waals surface area contributed by atoms with Gasteiger partial charge in [0, 0.05) is 18.0 Å². The third-order valence-electron chi connectivity index (χ3n) is 5.31. The third kappa shape index (κ3) is 3.87. The summed E-state index contributed by atoms with van der Waals surface area (Å²) in [6.07, 6.45) is 2.67. The van der Waals surface area contributed by atoms with Gasteiger partial charge in [0.1, 0.15) is 5.52 Å². The fourth-order valence-electron chi connectivity index (χ4n) is 3.43. The molecule has 4 aromatic rings. The lowest BCUT2D eigenvalue weighted by molar-refractivity contribution is 0.155. The zero-order chi connectivity index (χ0) is 20.5. The standard InChI is InChI=1S/C24H25N3O2/c1-16(2)18-8-10-20(11-9-18)23(28)15-26-12-13-27-22(24(26)29)14-21(25-27)19-6-4-17(3)5-7-19/h4-14,16,23,28H,15H2,1-3H3/t23-/m1/s1. The van der Waals surface area contributed by atoms with Gasteiger partial charge in [-0.2, -0.15) is 5.10 Å². The van der Waals surface area contributed by atoms with Crippen LogP contribution in [0.1, 0.15) is 42.6 Å². The van der Waals surface area contributed by atoms with Crippen molar-refractivity contribution in [2.75, 3.05) is 0 Å². The molecule has 29 heavy (non-hydrogen) atoms. The van der Waals surface area contributed by atoms with Crippen LogP contribution in [0.15, 0.2) is 71.8 Å². The molecule has 148 valence electrons. The van der Waals surface area contributed by atoms with Gasteiger partial charge in [0.2, 0.25) is 0 Å². The van der Waals surface area contributed by atoms with E-state index >= 15 is 0 Å². The van der Waals surface area contributed by atoms with Gasteiger partial charge in [0.25, 0.3) is 5.56 Å². The van der Waals surface area contributed by atoms with Crippen LogP contribution in [-0.4, -0.2) is 19.3 Å². The minimum absolute atomic E-state index is 0.170. The van der Waals surface area contributed by atoms with Crippen LogP contribution in [0.3, 0.4) is 0 Å². The number of aliphatic hydroxyl groups excluding tert-OH is 1. The molecule has 0 bridgehead atoms. The Morgan fingerprint density at radius 3 is 2.28 bits per heavy atom. The Bertz CT molecular complexity index is 1190. The third-order valence-corrected chi connectivity index (χ3v) is 5.31. The number of aryl methyl sites for hydroxylation is 1. The second kappa shape index (κ2) is 7.68. The summed E-state index contributed by atoms with van der Waals surface area (Å²) in [7, 11) is 0. The molecule has 5 heteroatoms. The van der Waals surface area contributed by atoms with Crippen LogP contribution in [-0.2, 0) is 6.54 Å². The molecule has 0 radical (unpaired) electrons. The number of aliphatic hydroxyl groups is 1. The van der Waals surface area contributed by atoms with Crippen molar-refractivity contribution in [3.63, 3.8) is 0 Å². The fourth-order valence-corrected chi connectivity index (χ4v) is 3.43. The molecule has 0 saturated heterocycles. The van der Waals surface area contributed by atoms with Gasteiger partial charge >= 0.3 is 0 Å². The molecular weight excluding hydrogens is 362 g/mol. The van der Waals surface area contributed by atoms with Gasteiger partial charge in [-0.1, -0.05) is 67.9 Å². The van der Waals surface area contributed by atoms with Crippen molar-refractivity contribution in [3.8, 4) is 11.3 Å². The molecule has 0 spiro atoms. The Morgan fingerprint density at radius 1 is 0.966 bits per heavy atom. The average molecular weight is 387 g/mol. The van der Waals surface area contributed by atoms with Crippen LogP contribution in [0.25, 0.3) is 16.8 Å². The molecule has 2 aromatic heterocycles. The number of nitrogens with zero attached hydrogens (tertiary/aromatic N) is 3. The minimum Gasteiger partial charge on any atom is -0.387 e. The number of rotatable bonds is 5. The largest absolute Gasteiger partial charge is 0.387 e. The van der Waals surface area contributed by atoms with Gasteiger partial charge in [0.05, 0.1) is 18.3 Å². The van der Waals surface area contributed by atoms with E-state index in [4.69, 9.17) is 0 Å². The molecule has 0 fully saturated rings. The maximum absolute atomic E-state index is 12.9. The molecule has 2 heterocycles. The Labute approximate surface area is 169 Å². The number of hydrogen-bond acceptors (Lipinski definition) is 3. The second-order valence-electron chi connectivity index (χ2n) is 7.82. The predicted molar refractivity (Wildman–Crippen MR) is 115 cm³/mol. The second-order valence-corrected chi connectivity index (χ2v) is 7.82. The highest BCUT2D eigenvalue weighted by Gasteiger charge is 2.13. The molecule has 0 unspecified atom stereocenters. The lowest BCUT2D eigenvalue weighted by Crippen LogP contribution is -2.24. The highest BCUT2D eigenvalue weighted by molar-refractivity contribution is 5.65. The highest BCUT2D eigenvalue weighted by atomic mass is 16.3. The summed E-state index contributed by atoms with van der Waals surface area (Å²) in [5, 5.41) is 15.1. The summed E-state index contributed by atoms with van der Waals surface area (Å²) in [6.45, 7) is 6.50. The SMILES string of the molecule is Cc1ccc(-c2cc3c(=O)n(C[C@@H](O)c4ccc(C(C)C)cc4)ccn3n2)cc1. The zero-order valence-corrected chi connectivity index (χ0v) is 16.9. The van der Waals surface area contributed by atoms with Crippen LogP contribution in [0.5, 0.6) is 0 Å². The number of benzene rings is 2. The molecule has 0 aliphatic rings. The van der Waals surface area contributed by atoms with Gasteiger partial charge in [-0.25, -0.2) is 4.52 Å². The normalized spacial score (nSPS) is 12.6. The summed E-state index contributed by atoms with van der Waals surface area (Å²) in [4.78, 5) is 12.9. The maximum Gasteiger partial charge on any atom is 0.276 e. The van der Waals surface area contributed by atoms with Gasteiger partial charge in [0.15, 0.2) is 0 Å². The molecule has 0 aliphatic carbocycles. The van der Waals surface area contributed by atoms with Crippen LogP contribution < -0.4 is 5.56 Å². The number of hydrogen-bond donors (Lipinski definition) is 1. The molecule has 5 nitrogen and oxygen atoms in total. The Hall–Kier alpha value is -3.18. The first-order valence-corrected chi connectivity index (χ1v) is 9.86. The molecular formula is C24H25N3O2. The lowest BCUT2D eigenvalue weighted by atomic mass is 10.00. The minimum atomic E-state index is -0.754. The molecule has 0 saturated carbocycles. The van der Waals surface area contributed by atoms with Crippen molar-refractivity contribution in [2.24, 2.45) is 0 Å². The first-order valence-electron chi connectivity index (χ1n) is 9.86. The summed E-state index contributed by atoms with van der Waals surface area (Å²) >= 11 is 0. The van der Waals surface area contributed by atoms with Crippen molar-refractivity contribution in [1.29, 1.82) is 0 Å². The highest BCUT2D eigenvalue weighted by Crippen LogP contribution is 2.21. The van der Waals surface area contributed by atoms with Gasteiger partial charge in [-0.05, 0) is 30.0 Å². The van der Waals surface area contributed by atoms with Gasteiger partial charge in [-0.15, -0.1) is 0 Å². The number of fused-ring (bicyclic) bond motifs is 1. The quantitative estimate of drug-likeness (QED) is 0.554. The molecule has 1 N–H and O–H groups in total. The van der Waals surface area contributed by atoms with Crippen molar-refractivity contribution in [3.05, 3.63) is 94.0 Å². The summed E-state index contributed by atoms with van der Waals surface area (Å²) < 4.78 is 3.13. The van der Waals surface area contributed by atoms with E-state index in [0.717, 1.165) is 16.8 Å². The summed E-state index contributed by atoms with van der Waals surface area (Å²) in [5.41, 5.74) is 5.24. The average Bonchev–Trinajstić information content (AvgIpc) is 3.16. The van der Waals surface area contributed by atoms with Crippen LogP contribution in [0.2, 0.25) is 0 Å². The van der Waals surface area contributed by atoms with Gasteiger partial charge in [-0.3, -0.25) is 4.79 Å².